The number of nitrogens with one attached hydrogen (secondary N) is 1. The lowest BCUT2D eigenvalue weighted by molar-refractivity contribution is 0.520. The van der Waals surface area contributed by atoms with E-state index < -0.39 is 10.0 Å². The van der Waals surface area contributed by atoms with E-state index in [1.807, 2.05) is 0 Å². The van der Waals surface area contributed by atoms with Crippen LogP contribution in [0.5, 0.6) is 0 Å². The highest BCUT2D eigenvalue weighted by Gasteiger charge is 2.33. The predicted molar refractivity (Wildman–Crippen MR) is 70.0 cm³/mol. The molecular formula is C10H15ClN2O2S2. The lowest BCUT2D eigenvalue weighted by Crippen LogP contribution is -2.41. The molecule has 0 spiro atoms. The van der Waals surface area contributed by atoms with Gasteiger partial charge in [0.05, 0.1) is 4.34 Å². The number of nitrogens with two attached hydrogens (primary N) is 1. The highest BCUT2D eigenvalue weighted by Crippen LogP contribution is 2.34. The summed E-state index contributed by atoms with van der Waals surface area (Å²) in [4.78, 5) is 0. The van der Waals surface area contributed by atoms with Gasteiger partial charge < -0.3 is 5.73 Å². The Labute approximate surface area is 110 Å². The van der Waals surface area contributed by atoms with Crippen LogP contribution in [0.15, 0.2) is 10.3 Å². The second-order valence-electron chi connectivity index (χ2n) is 4.32. The molecule has 4 nitrogen and oxygen atoms in total. The molecule has 0 aromatic carbocycles. The lowest BCUT2D eigenvalue weighted by Gasteiger charge is -2.15. The first-order chi connectivity index (χ1) is 7.94. The normalized spacial score (nSPS) is 18.3. The van der Waals surface area contributed by atoms with Crippen molar-refractivity contribution in [3.8, 4) is 0 Å². The fourth-order valence-electron chi connectivity index (χ4n) is 1.66. The van der Waals surface area contributed by atoms with E-state index in [1.54, 1.807) is 13.0 Å². The maximum atomic E-state index is 12.1. The third kappa shape index (κ3) is 3.00. The summed E-state index contributed by atoms with van der Waals surface area (Å²) in [6, 6.07) is 1.44. The molecule has 1 heterocycles. The Hall–Kier alpha value is -0.140. The molecule has 1 fully saturated rings. The smallest absolute Gasteiger partial charge is 0.250 e. The summed E-state index contributed by atoms with van der Waals surface area (Å²) in [5, 5.41) is 0. The summed E-state index contributed by atoms with van der Waals surface area (Å²) in [7, 11) is -3.47. The molecule has 3 N–H and O–H groups in total. The van der Waals surface area contributed by atoms with Crippen molar-refractivity contribution in [1.29, 1.82) is 0 Å². The quantitative estimate of drug-likeness (QED) is 0.868. The van der Waals surface area contributed by atoms with Gasteiger partial charge in [0.1, 0.15) is 4.21 Å². The zero-order chi connectivity index (χ0) is 12.6. The average molecular weight is 295 g/mol. The third-order valence-corrected chi connectivity index (χ3v) is 6.37. The van der Waals surface area contributed by atoms with Crippen molar-refractivity contribution >= 4 is 33.0 Å². The number of sulfonamides is 1. The topological polar surface area (TPSA) is 72.2 Å². The SMILES string of the molecule is Cc1cc(S(=O)(=O)NC(CN)C2CC2)sc1Cl. The average Bonchev–Trinajstić information content (AvgIpc) is 3.03. The number of hydrogen-bond acceptors (Lipinski definition) is 4. The van der Waals surface area contributed by atoms with Crippen LogP contribution in [-0.4, -0.2) is 21.0 Å². The second-order valence-corrected chi connectivity index (χ2v) is 7.92. The monoisotopic (exact) mass is 294 g/mol. The van der Waals surface area contributed by atoms with E-state index in [9.17, 15) is 8.42 Å². The minimum Gasteiger partial charge on any atom is -0.329 e. The Morgan fingerprint density at radius 1 is 1.65 bits per heavy atom. The van der Waals surface area contributed by atoms with Gasteiger partial charge in [-0.3, -0.25) is 0 Å². The van der Waals surface area contributed by atoms with Crippen LogP contribution in [0.3, 0.4) is 0 Å². The van der Waals surface area contributed by atoms with Crippen molar-refractivity contribution in [2.24, 2.45) is 11.7 Å². The third-order valence-electron chi connectivity index (χ3n) is 2.85. The molecule has 0 saturated heterocycles. The van der Waals surface area contributed by atoms with Crippen LogP contribution in [0, 0.1) is 12.8 Å². The van der Waals surface area contributed by atoms with Crippen LogP contribution in [0.2, 0.25) is 4.34 Å². The van der Waals surface area contributed by atoms with Gasteiger partial charge in [0, 0.05) is 12.6 Å². The number of thiophene rings is 1. The highest BCUT2D eigenvalue weighted by atomic mass is 35.5. The van der Waals surface area contributed by atoms with Crippen molar-refractivity contribution in [3.63, 3.8) is 0 Å². The Balaban J connectivity index is 2.17. The van der Waals surface area contributed by atoms with E-state index in [-0.39, 0.29) is 10.3 Å². The van der Waals surface area contributed by atoms with Crippen LogP contribution in [-0.2, 0) is 10.0 Å². The lowest BCUT2D eigenvalue weighted by atomic mass is 10.2. The van der Waals surface area contributed by atoms with Crippen molar-refractivity contribution in [2.45, 2.75) is 30.0 Å². The fraction of sp³-hybridized carbons (Fsp3) is 0.600. The molecule has 96 valence electrons. The maximum Gasteiger partial charge on any atom is 0.250 e. The van der Waals surface area contributed by atoms with E-state index in [1.165, 1.54) is 0 Å². The van der Waals surface area contributed by atoms with Crippen molar-refractivity contribution in [2.75, 3.05) is 6.54 Å². The molecule has 7 heteroatoms. The van der Waals surface area contributed by atoms with Gasteiger partial charge in [0.25, 0.3) is 0 Å². The zero-order valence-corrected chi connectivity index (χ0v) is 11.8. The van der Waals surface area contributed by atoms with E-state index >= 15 is 0 Å². The van der Waals surface area contributed by atoms with Gasteiger partial charge in [0.2, 0.25) is 10.0 Å². The van der Waals surface area contributed by atoms with Crippen LogP contribution in [0.25, 0.3) is 0 Å². The molecule has 1 aromatic heterocycles. The van der Waals surface area contributed by atoms with Gasteiger partial charge >= 0.3 is 0 Å². The highest BCUT2D eigenvalue weighted by molar-refractivity contribution is 7.91. The van der Waals surface area contributed by atoms with Crippen molar-refractivity contribution < 1.29 is 8.42 Å². The molecule has 1 atom stereocenters. The summed E-state index contributed by atoms with van der Waals surface area (Å²) in [6.07, 6.45) is 2.10. The predicted octanol–water partition coefficient (Wildman–Crippen LogP) is 1.73. The van der Waals surface area contributed by atoms with Gasteiger partial charge in [-0.2, -0.15) is 0 Å². The van der Waals surface area contributed by atoms with Gasteiger partial charge in [-0.1, -0.05) is 11.6 Å². The fourth-order valence-corrected chi connectivity index (χ4v) is 4.70. The molecule has 1 aromatic rings. The largest absolute Gasteiger partial charge is 0.329 e. The van der Waals surface area contributed by atoms with Crippen LogP contribution < -0.4 is 10.5 Å². The summed E-state index contributed by atoms with van der Waals surface area (Å²) in [5.41, 5.74) is 6.37. The molecule has 1 aliphatic rings. The molecule has 0 amide bonds. The number of hydrogen-bond donors (Lipinski definition) is 2. The van der Waals surface area contributed by atoms with Crippen LogP contribution in [0.4, 0.5) is 0 Å². The summed E-state index contributed by atoms with van der Waals surface area (Å²) < 4.78 is 27.6. The summed E-state index contributed by atoms with van der Waals surface area (Å²) >= 11 is 6.96. The minimum atomic E-state index is -3.47. The van der Waals surface area contributed by atoms with Crippen molar-refractivity contribution in [1.82, 2.24) is 4.72 Å². The zero-order valence-electron chi connectivity index (χ0n) is 9.44. The Bertz CT molecular complexity index is 489. The Morgan fingerprint density at radius 2 is 2.29 bits per heavy atom. The molecular weight excluding hydrogens is 280 g/mol. The first-order valence-electron chi connectivity index (χ1n) is 5.42. The molecule has 0 bridgehead atoms. The second kappa shape index (κ2) is 4.85. The van der Waals surface area contributed by atoms with E-state index in [0.29, 0.717) is 16.8 Å². The molecule has 17 heavy (non-hydrogen) atoms. The van der Waals surface area contributed by atoms with E-state index in [2.05, 4.69) is 4.72 Å². The van der Waals surface area contributed by atoms with Gasteiger partial charge in [0.15, 0.2) is 0 Å². The molecule has 1 unspecified atom stereocenters. The van der Waals surface area contributed by atoms with Gasteiger partial charge in [-0.05, 0) is 37.3 Å². The molecule has 0 radical (unpaired) electrons. The standard InChI is InChI=1S/C10H15ClN2O2S2/c1-6-4-9(16-10(6)11)17(14,15)13-8(5-12)7-2-3-7/h4,7-8,13H,2-3,5,12H2,1H3. The Kier molecular flexibility index (Phi) is 3.80. The first-order valence-corrected chi connectivity index (χ1v) is 8.10. The molecule has 0 aliphatic heterocycles. The van der Waals surface area contributed by atoms with Crippen molar-refractivity contribution in [3.05, 3.63) is 16.0 Å². The molecule has 1 saturated carbocycles. The van der Waals surface area contributed by atoms with Gasteiger partial charge in [-0.25, -0.2) is 13.1 Å². The van der Waals surface area contributed by atoms with Crippen LogP contribution >= 0.6 is 22.9 Å². The number of halogens is 1. The van der Waals surface area contributed by atoms with Crippen LogP contribution in [0.1, 0.15) is 18.4 Å². The van der Waals surface area contributed by atoms with E-state index in [0.717, 1.165) is 29.7 Å². The molecule has 1 aliphatic carbocycles. The van der Waals surface area contributed by atoms with Gasteiger partial charge in [-0.15, -0.1) is 11.3 Å². The number of aryl methyl sites for hydroxylation is 1. The number of rotatable bonds is 5. The Morgan fingerprint density at radius 3 is 2.71 bits per heavy atom. The minimum absolute atomic E-state index is 0.152. The summed E-state index contributed by atoms with van der Waals surface area (Å²) in [6.45, 7) is 2.13. The molecule has 2 rings (SSSR count). The summed E-state index contributed by atoms with van der Waals surface area (Å²) in [5.74, 6) is 0.395. The van der Waals surface area contributed by atoms with E-state index in [4.69, 9.17) is 17.3 Å². The maximum absolute atomic E-state index is 12.1. The first kappa shape index (κ1) is 13.3.